The molecule has 7 nitrogen and oxygen atoms in total. The van der Waals surface area contributed by atoms with Crippen molar-refractivity contribution in [1.82, 2.24) is 5.43 Å². The standard InChI is InChI=1S/C24H22ClN3O4/c1-16-5-3-4-6-20(16)27-23(29)15-32-21-12-7-17(13-22(21)31-2)14-26-28-24(30)18-8-10-19(25)11-9-18/h3-14H,15H2,1-2H3,(H,27,29)(H,28,30). The Labute approximate surface area is 191 Å². The highest BCUT2D eigenvalue weighted by atomic mass is 35.5. The Morgan fingerprint density at radius 1 is 1.03 bits per heavy atom. The van der Waals surface area contributed by atoms with Crippen LogP contribution in [0, 0.1) is 6.92 Å². The SMILES string of the molecule is COc1cc(C=NNC(=O)c2ccc(Cl)cc2)ccc1OCC(=O)Nc1ccccc1C. The highest BCUT2D eigenvalue weighted by molar-refractivity contribution is 6.30. The summed E-state index contributed by atoms with van der Waals surface area (Å²) >= 11 is 5.82. The zero-order chi connectivity index (χ0) is 22.9. The van der Waals surface area contributed by atoms with Crippen LogP contribution < -0.4 is 20.2 Å². The van der Waals surface area contributed by atoms with Gasteiger partial charge in [-0.2, -0.15) is 5.10 Å². The average Bonchev–Trinajstić information content (AvgIpc) is 2.80. The number of amides is 2. The number of para-hydroxylation sites is 1. The zero-order valence-corrected chi connectivity index (χ0v) is 18.3. The van der Waals surface area contributed by atoms with Crippen molar-refractivity contribution in [1.29, 1.82) is 0 Å². The van der Waals surface area contributed by atoms with Crippen molar-refractivity contribution in [2.75, 3.05) is 19.0 Å². The molecule has 0 spiro atoms. The number of hydrazone groups is 1. The van der Waals surface area contributed by atoms with E-state index >= 15 is 0 Å². The fourth-order valence-electron chi connectivity index (χ4n) is 2.76. The molecule has 2 amide bonds. The maximum atomic E-state index is 12.2. The summed E-state index contributed by atoms with van der Waals surface area (Å²) in [5.74, 6) is 0.206. The lowest BCUT2D eigenvalue weighted by Crippen LogP contribution is -2.20. The zero-order valence-electron chi connectivity index (χ0n) is 17.6. The van der Waals surface area contributed by atoms with Crippen LogP contribution in [0.3, 0.4) is 0 Å². The van der Waals surface area contributed by atoms with Crippen LogP contribution in [0.25, 0.3) is 0 Å². The third-order valence-corrected chi connectivity index (χ3v) is 4.70. The van der Waals surface area contributed by atoms with Crippen LogP contribution >= 0.6 is 11.6 Å². The normalized spacial score (nSPS) is 10.6. The van der Waals surface area contributed by atoms with Crippen LogP contribution in [0.4, 0.5) is 5.69 Å². The van der Waals surface area contributed by atoms with E-state index in [-0.39, 0.29) is 18.4 Å². The topological polar surface area (TPSA) is 89.0 Å². The van der Waals surface area contributed by atoms with E-state index in [1.807, 2.05) is 31.2 Å². The van der Waals surface area contributed by atoms with Crippen molar-refractivity contribution < 1.29 is 19.1 Å². The fourth-order valence-corrected chi connectivity index (χ4v) is 2.88. The molecule has 0 radical (unpaired) electrons. The average molecular weight is 452 g/mol. The molecular weight excluding hydrogens is 430 g/mol. The number of methoxy groups -OCH3 is 1. The number of anilines is 1. The molecule has 0 aliphatic heterocycles. The molecule has 32 heavy (non-hydrogen) atoms. The third-order valence-electron chi connectivity index (χ3n) is 4.45. The van der Waals surface area contributed by atoms with Gasteiger partial charge in [0.05, 0.1) is 13.3 Å². The molecule has 0 heterocycles. The van der Waals surface area contributed by atoms with Gasteiger partial charge in [-0.25, -0.2) is 5.43 Å². The molecule has 0 fully saturated rings. The molecule has 0 unspecified atom stereocenters. The first-order chi connectivity index (χ1) is 15.5. The first kappa shape index (κ1) is 22.8. The maximum Gasteiger partial charge on any atom is 0.271 e. The molecule has 0 saturated heterocycles. The minimum Gasteiger partial charge on any atom is -0.493 e. The number of halogens is 1. The summed E-state index contributed by atoms with van der Waals surface area (Å²) in [7, 11) is 1.50. The predicted molar refractivity (Wildman–Crippen MR) is 125 cm³/mol. The van der Waals surface area contributed by atoms with Crippen molar-refractivity contribution in [2.24, 2.45) is 5.10 Å². The first-order valence-electron chi connectivity index (χ1n) is 9.71. The molecule has 0 atom stereocenters. The fraction of sp³-hybridized carbons (Fsp3) is 0.125. The quantitative estimate of drug-likeness (QED) is 0.391. The van der Waals surface area contributed by atoms with Gasteiger partial charge in [0, 0.05) is 16.3 Å². The Morgan fingerprint density at radius 3 is 2.50 bits per heavy atom. The van der Waals surface area contributed by atoms with E-state index < -0.39 is 0 Å². The molecule has 3 rings (SSSR count). The van der Waals surface area contributed by atoms with Gasteiger partial charge in [-0.15, -0.1) is 0 Å². The van der Waals surface area contributed by atoms with Crippen LogP contribution in [-0.4, -0.2) is 31.7 Å². The minimum atomic E-state index is -0.357. The molecule has 0 saturated carbocycles. The second kappa shape index (κ2) is 11.0. The molecule has 0 aliphatic rings. The molecular formula is C24H22ClN3O4. The van der Waals surface area contributed by atoms with Crippen LogP contribution in [0.1, 0.15) is 21.5 Å². The molecule has 3 aromatic carbocycles. The minimum absolute atomic E-state index is 0.171. The van der Waals surface area contributed by atoms with Crippen LogP contribution in [-0.2, 0) is 4.79 Å². The summed E-state index contributed by atoms with van der Waals surface area (Å²) < 4.78 is 11.0. The van der Waals surface area contributed by atoms with E-state index in [4.69, 9.17) is 21.1 Å². The number of aryl methyl sites for hydroxylation is 1. The lowest BCUT2D eigenvalue weighted by atomic mass is 10.2. The molecule has 2 N–H and O–H groups in total. The number of benzene rings is 3. The lowest BCUT2D eigenvalue weighted by Gasteiger charge is -2.12. The number of ether oxygens (including phenoxy) is 2. The number of hydrogen-bond donors (Lipinski definition) is 2. The summed E-state index contributed by atoms with van der Waals surface area (Å²) in [6.07, 6.45) is 1.48. The molecule has 164 valence electrons. The predicted octanol–water partition coefficient (Wildman–Crippen LogP) is 4.44. The Balaban J connectivity index is 1.57. The van der Waals surface area contributed by atoms with Crippen LogP contribution in [0.2, 0.25) is 5.02 Å². The number of nitrogens with one attached hydrogen (secondary N) is 2. The molecule has 0 aromatic heterocycles. The van der Waals surface area contributed by atoms with E-state index in [0.717, 1.165) is 11.3 Å². The molecule has 0 bridgehead atoms. The van der Waals surface area contributed by atoms with Crippen LogP contribution in [0.15, 0.2) is 71.8 Å². The summed E-state index contributed by atoms with van der Waals surface area (Å²) in [5, 5.41) is 7.32. The summed E-state index contributed by atoms with van der Waals surface area (Å²) in [6, 6.07) is 19.1. The van der Waals surface area contributed by atoms with Gasteiger partial charge < -0.3 is 14.8 Å². The summed E-state index contributed by atoms with van der Waals surface area (Å²) in [6.45, 7) is 1.74. The number of rotatable bonds is 8. The van der Waals surface area contributed by atoms with Gasteiger partial charge in [-0.05, 0) is 66.6 Å². The third kappa shape index (κ3) is 6.33. The van der Waals surface area contributed by atoms with E-state index in [1.54, 1.807) is 42.5 Å². The number of hydrogen-bond acceptors (Lipinski definition) is 5. The van der Waals surface area contributed by atoms with Gasteiger partial charge in [0.1, 0.15) is 0 Å². The second-order valence-electron chi connectivity index (χ2n) is 6.77. The maximum absolute atomic E-state index is 12.2. The van der Waals surface area contributed by atoms with Crippen molar-refractivity contribution in [3.05, 3.63) is 88.4 Å². The molecule has 0 aliphatic carbocycles. The monoisotopic (exact) mass is 451 g/mol. The molecule has 3 aromatic rings. The highest BCUT2D eigenvalue weighted by Gasteiger charge is 2.10. The number of carbonyl (C=O) groups excluding carboxylic acids is 2. The van der Waals surface area contributed by atoms with Gasteiger partial charge in [-0.3, -0.25) is 9.59 Å². The number of carbonyl (C=O) groups is 2. The largest absolute Gasteiger partial charge is 0.493 e. The van der Waals surface area contributed by atoms with Crippen LogP contribution in [0.5, 0.6) is 11.5 Å². The van der Waals surface area contributed by atoms with Gasteiger partial charge in [0.15, 0.2) is 18.1 Å². The highest BCUT2D eigenvalue weighted by Crippen LogP contribution is 2.27. The smallest absolute Gasteiger partial charge is 0.271 e. The van der Waals surface area contributed by atoms with E-state index in [9.17, 15) is 9.59 Å². The second-order valence-corrected chi connectivity index (χ2v) is 7.20. The van der Waals surface area contributed by atoms with Gasteiger partial charge in [0.2, 0.25) is 0 Å². The van der Waals surface area contributed by atoms with E-state index in [1.165, 1.54) is 13.3 Å². The number of nitrogens with zero attached hydrogens (tertiary/aromatic N) is 1. The Hall–Kier alpha value is -3.84. The van der Waals surface area contributed by atoms with Crippen molar-refractivity contribution in [2.45, 2.75) is 6.92 Å². The van der Waals surface area contributed by atoms with E-state index in [2.05, 4.69) is 15.8 Å². The summed E-state index contributed by atoms with van der Waals surface area (Å²) in [5.41, 5.74) is 5.27. The van der Waals surface area contributed by atoms with Gasteiger partial charge >= 0.3 is 0 Å². The van der Waals surface area contributed by atoms with E-state index in [0.29, 0.717) is 27.6 Å². The Bertz CT molecular complexity index is 1130. The first-order valence-corrected chi connectivity index (χ1v) is 10.1. The van der Waals surface area contributed by atoms with Gasteiger partial charge in [0.25, 0.3) is 11.8 Å². The Morgan fingerprint density at radius 2 is 1.78 bits per heavy atom. The van der Waals surface area contributed by atoms with Crippen molar-refractivity contribution in [3.8, 4) is 11.5 Å². The lowest BCUT2D eigenvalue weighted by molar-refractivity contribution is -0.118. The molecule has 8 heteroatoms. The summed E-state index contributed by atoms with van der Waals surface area (Å²) in [4.78, 5) is 24.3. The van der Waals surface area contributed by atoms with Crippen molar-refractivity contribution >= 4 is 35.3 Å². The Kier molecular flexibility index (Phi) is 7.83. The van der Waals surface area contributed by atoms with Gasteiger partial charge in [-0.1, -0.05) is 29.8 Å². The van der Waals surface area contributed by atoms with Crippen molar-refractivity contribution in [3.63, 3.8) is 0 Å².